The monoisotopic (exact) mass is 473 g/mol. The minimum absolute atomic E-state index is 0.542. The van der Waals surface area contributed by atoms with Gasteiger partial charge in [0.15, 0.2) is 0 Å². The average molecular weight is 474 g/mol. The van der Waals surface area contributed by atoms with Crippen LogP contribution in [0.3, 0.4) is 0 Å². The standard InChI is InChI=1S/C28H31N3O2S/c1-31(2)17-6-18-32-26-15-13-25(14-16-26)28-30-29-27(33-28)21-34-20-24-11-9-23(10-12-24)19-22-7-4-3-5-8-22/h3-5,7-16H,6,17-21H2,1-2H3. The minimum atomic E-state index is 0.542. The molecule has 6 heteroatoms. The highest BCUT2D eigenvalue weighted by molar-refractivity contribution is 7.97. The quantitative estimate of drug-likeness (QED) is 0.232. The summed E-state index contributed by atoms with van der Waals surface area (Å²) in [5.74, 6) is 3.63. The SMILES string of the molecule is CN(C)CCCOc1ccc(-c2nnc(CSCc3ccc(Cc4ccccc4)cc3)o2)cc1. The normalized spacial score (nSPS) is 11.1. The summed E-state index contributed by atoms with van der Waals surface area (Å²) in [6.45, 7) is 1.72. The van der Waals surface area contributed by atoms with Crippen molar-refractivity contribution in [2.75, 3.05) is 27.2 Å². The van der Waals surface area contributed by atoms with Gasteiger partial charge in [0, 0.05) is 17.9 Å². The number of thioether (sulfide) groups is 1. The Kier molecular flexibility index (Phi) is 8.77. The molecule has 0 radical (unpaired) electrons. The predicted octanol–water partition coefficient (Wildman–Crippen LogP) is 6.09. The third kappa shape index (κ3) is 7.47. The molecule has 4 aromatic rings. The third-order valence-corrected chi connectivity index (χ3v) is 6.34. The first kappa shape index (κ1) is 24.0. The first-order valence-corrected chi connectivity index (χ1v) is 12.7. The molecule has 0 saturated heterocycles. The van der Waals surface area contributed by atoms with E-state index in [1.807, 2.05) is 24.3 Å². The largest absolute Gasteiger partial charge is 0.494 e. The minimum Gasteiger partial charge on any atom is -0.494 e. The van der Waals surface area contributed by atoms with Crippen LogP contribution in [0.25, 0.3) is 11.5 Å². The molecule has 0 atom stereocenters. The van der Waals surface area contributed by atoms with Crippen molar-refractivity contribution in [3.8, 4) is 17.2 Å². The summed E-state index contributed by atoms with van der Waals surface area (Å²) in [6, 6.07) is 27.2. The molecule has 1 heterocycles. The summed E-state index contributed by atoms with van der Waals surface area (Å²) in [6.07, 6.45) is 1.96. The molecule has 0 aliphatic carbocycles. The number of hydrogen-bond acceptors (Lipinski definition) is 6. The fourth-order valence-electron chi connectivity index (χ4n) is 3.53. The van der Waals surface area contributed by atoms with Gasteiger partial charge in [-0.3, -0.25) is 0 Å². The first-order valence-electron chi connectivity index (χ1n) is 11.6. The molecule has 4 rings (SSSR count). The molecular weight excluding hydrogens is 442 g/mol. The number of benzene rings is 3. The molecule has 0 amide bonds. The molecule has 0 aliphatic rings. The smallest absolute Gasteiger partial charge is 0.247 e. The van der Waals surface area contributed by atoms with Gasteiger partial charge >= 0.3 is 0 Å². The van der Waals surface area contributed by atoms with Crippen molar-refractivity contribution < 1.29 is 9.15 Å². The van der Waals surface area contributed by atoms with Crippen molar-refractivity contribution >= 4 is 11.8 Å². The van der Waals surface area contributed by atoms with E-state index < -0.39 is 0 Å². The molecule has 0 spiro atoms. The zero-order valence-corrected chi connectivity index (χ0v) is 20.6. The second-order valence-corrected chi connectivity index (χ2v) is 9.49. The van der Waals surface area contributed by atoms with Crippen molar-refractivity contribution in [3.63, 3.8) is 0 Å². The Morgan fingerprint density at radius 3 is 2.24 bits per heavy atom. The number of hydrogen-bond donors (Lipinski definition) is 0. The van der Waals surface area contributed by atoms with E-state index in [2.05, 4.69) is 83.8 Å². The van der Waals surface area contributed by atoms with Crippen LogP contribution in [-0.2, 0) is 17.9 Å². The maximum atomic E-state index is 5.87. The van der Waals surface area contributed by atoms with E-state index >= 15 is 0 Å². The van der Waals surface area contributed by atoms with Gasteiger partial charge in [0.05, 0.1) is 12.4 Å². The van der Waals surface area contributed by atoms with E-state index in [-0.39, 0.29) is 0 Å². The Morgan fingerprint density at radius 2 is 1.50 bits per heavy atom. The summed E-state index contributed by atoms with van der Waals surface area (Å²) in [5, 5.41) is 8.42. The lowest BCUT2D eigenvalue weighted by Crippen LogP contribution is -2.15. The van der Waals surface area contributed by atoms with Crippen LogP contribution in [0.15, 0.2) is 83.3 Å². The molecule has 3 aromatic carbocycles. The Labute approximate surface area is 206 Å². The van der Waals surface area contributed by atoms with Gasteiger partial charge in [-0.15, -0.1) is 22.0 Å². The van der Waals surface area contributed by atoms with Gasteiger partial charge in [0.1, 0.15) is 5.75 Å². The van der Waals surface area contributed by atoms with E-state index in [1.54, 1.807) is 11.8 Å². The van der Waals surface area contributed by atoms with Gasteiger partial charge in [-0.25, -0.2) is 0 Å². The van der Waals surface area contributed by atoms with Gasteiger partial charge in [0.2, 0.25) is 11.8 Å². The van der Waals surface area contributed by atoms with E-state index in [0.29, 0.717) is 24.1 Å². The van der Waals surface area contributed by atoms with Crippen LogP contribution in [0.4, 0.5) is 0 Å². The molecular formula is C28H31N3O2S. The van der Waals surface area contributed by atoms with Crippen molar-refractivity contribution in [3.05, 3.63) is 101 Å². The molecule has 0 unspecified atom stereocenters. The van der Waals surface area contributed by atoms with Gasteiger partial charge in [-0.1, -0.05) is 54.6 Å². The summed E-state index contributed by atoms with van der Waals surface area (Å²) < 4.78 is 11.7. The van der Waals surface area contributed by atoms with Crippen LogP contribution >= 0.6 is 11.8 Å². The summed E-state index contributed by atoms with van der Waals surface area (Å²) in [5.41, 5.74) is 4.85. The van der Waals surface area contributed by atoms with Crippen molar-refractivity contribution in [1.29, 1.82) is 0 Å². The van der Waals surface area contributed by atoms with Crippen LogP contribution in [0.1, 0.15) is 29.0 Å². The van der Waals surface area contributed by atoms with Crippen molar-refractivity contribution in [1.82, 2.24) is 15.1 Å². The van der Waals surface area contributed by atoms with Crippen LogP contribution < -0.4 is 4.74 Å². The molecule has 34 heavy (non-hydrogen) atoms. The van der Waals surface area contributed by atoms with E-state index in [4.69, 9.17) is 9.15 Å². The lowest BCUT2D eigenvalue weighted by atomic mass is 10.0. The van der Waals surface area contributed by atoms with Gasteiger partial charge in [0.25, 0.3) is 0 Å². The second kappa shape index (κ2) is 12.4. The Morgan fingerprint density at radius 1 is 0.794 bits per heavy atom. The van der Waals surface area contributed by atoms with Crippen molar-refractivity contribution in [2.24, 2.45) is 0 Å². The number of nitrogens with zero attached hydrogens (tertiary/aromatic N) is 3. The number of rotatable bonds is 12. The molecule has 0 aliphatic heterocycles. The fourth-order valence-corrected chi connectivity index (χ4v) is 4.36. The number of aromatic nitrogens is 2. The molecule has 0 N–H and O–H groups in total. The van der Waals surface area contributed by atoms with E-state index in [1.165, 1.54) is 16.7 Å². The van der Waals surface area contributed by atoms with E-state index in [9.17, 15) is 0 Å². The van der Waals surface area contributed by atoms with Gasteiger partial charge in [-0.05, 0) is 67.9 Å². The molecule has 1 aromatic heterocycles. The lowest BCUT2D eigenvalue weighted by molar-refractivity contribution is 0.281. The zero-order chi connectivity index (χ0) is 23.6. The second-order valence-electron chi connectivity index (χ2n) is 8.50. The lowest BCUT2D eigenvalue weighted by Gasteiger charge is -2.10. The molecule has 0 fully saturated rings. The topological polar surface area (TPSA) is 51.4 Å². The third-order valence-electron chi connectivity index (χ3n) is 5.35. The highest BCUT2D eigenvalue weighted by Gasteiger charge is 2.09. The maximum absolute atomic E-state index is 5.87. The number of ether oxygens (including phenoxy) is 1. The Balaban J connectivity index is 1.22. The predicted molar refractivity (Wildman–Crippen MR) is 139 cm³/mol. The molecule has 5 nitrogen and oxygen atoms in total. The highest BCUT2D eigenvalue weighted by atomic mass is 32.2. The summed E-state index contributed by atoms with van der Waals surface area (Å²) >= 11 is 1.77. The van der Waals surface area contributed by atoms with Gasteiger partial charge in [-0.2, -0.15) is 0 Å². The van der Waals surface area contributed by atoms with Crippen LogP contribution in [0, 0.1) is 0 Å². The fraction of sp³-hybridized carbons (Fsp3) is 0.286. The van der Waals surface area contributed by atoms with Gasteiger partial charge < -0.3 is 14.1 Å². The highest BCUT2D eigenvalue weighted by Crippen LogP contribution is 2.24. The van der Waals surface area contributed by atoms with Crippen LogP contribution in [0.5, 0.6) is 5.75 Å². The van der Waals surface area contributed by atoms with E-state index in [0.717, 1.165) is 36.5 Å². The molecule has 0 saturated carbocycles. The van der Waals surface area contributed by atoms with Crippen molar-refractivity contribution in [2.45, 2.75) is 24.3 Å². The molecule has 0 bridgehead atoms. The Bertz CT molecular complexity index is 1130. The average Bonchev–Trinajstić information content (AvgIpc) is 3.33. The van der Waals surface area contributed by atoms with Crippen LogP contribution in [0.2, 0.25) is 0 Å². The molecule has 176 valence electrons. The zero-order valence-electron chi connectivity index (χ0n) is 19.8. The summed E-state index contributed by atoms with van der Waals surface area (Å²) in [7, 11) is 4.13. The van der Waals surface area contributed by atoms with Crippen LogP contribution in [-0.4, -0.2) is 42.3 Å². The summed E-state index contributed by atoms with van der Waals surface area (Å²) in [4.78, 5) is 2.15. The maximum Gasteiger partial charge on any atom is 0.247 e. The Hall–Kier alpha value is -3.09. The first-order chi connectivity index (χ1) is 16.7.